The van der Waals surface area contributed by atoms with E-state index >= 15 is 0 Å². The molecule has 23 heavy (non-hydrogen) atoms. The molecule has 116 valence electrons. The number of rotatable bonds is 1. The van der Waals surface area contributed by atoms with Gasteiger partial charge in [0.15, 0.2) is 4.91 Å². The van der Waals surface area contributed by atoms with Gasteiger partial charge in [0.2, 0.25) is 9.84 Å². The second-order valence-corrected chi connectivity index (χ2v) is 6.98. The van der Waals surface area contributed by atoms with Gasteiger partial charge in [-0.05, 0) is 36.4 Å². The van der Waals surface area contributed by atoms with E-state index in [2.05, 4.69) is 0 Å². The summed E-state index contributed by atoms with van der Waals surface area (Å²) in [6.45, 7) is 0. The van der Waals surface area contributed by atoms with E-state index in [1.165, 1.54) is 11.0 Å². The van der Waals surface area contributed by atoms with E-state index in [0.29, 0.717) is 0 Å². The fourth-order valence-corrected chi connectivity index (χ4v) is 3.73. The molecule has 2 aromatic carbocycles. The molecule has 2 aromatic rings. The predicted octanol–water partition coefficient (Wildman–Crippen LogP) is 3.91. The monoisotopic (exact) mass is 352 g/mol. The van der Waals surface area contributed by atoms with Crippen molar-refractivity contribution >= 4 is 32.8 Å². The molecule has 0 aliphatic carbocycles. The fraction of sp³-hybridized carbons (Fsp3) is 0. The van der Waals surface area contributed by atoms with Crippen molar-refractivity contribution in [2.45, 2.75) is 4.90 Å². The molecule has 1 heterocycles. The first kappa shape index (κ1) is 15.5. The number of sulfone groups is 1. The lowest BCUT2D eigenvalue weighted by Crippen LogP contribution is -2.21. The van der Waals surface area contributed by atoms with Gasteiger partial charge < -0.3 is 4.90 Å². The third kappa shape index (κ3) is 2.46. The molecule has 0 radical (unpaired) electrons. The summed E-state index contributed by atoms with van der Waals surface area (Å²) in [5.74, 6) is -1.28. The van der Waals surface area contributed by atoms with Gasteiger partial charge in [-0.1, -0.05) is 11.6 Å². The van der Waals surface area contributed by atoms with Gasteiger partial charge in [0.1, 0.15) is 17.7 Å². The molecule has 1 aliphatic heterocycles. The Morgan fingerprint density at radius 2 is 1.65 bits per heavy atom. The van der Waals surface area contributed by atoms with E-state index < -0.39 is 26.4 Å². The molecule has 0 amide bonds. The van der Waals surface area contributed by atoms with Crippen molar-refractivity contribution in [3.63, 3.8) is 0 Å². The Kier molecular flexibility index (Phi) is 3.59. The third-order valence-electron chi connectivity index (χ3n) is 3.28. The molecule has 1 aliphatic rings. The number of hydrogen-bond acceptors (Lipinski definition) is 4. The highest BCUT2D eigenvalue weighted by atomic mass is 35.5. The summed E-state index contributed by atoms with van der Waals surface area (Å²) in [5.41, 5.74) is 0.0534. The van der Waals surface area contributed by atoms with Crippen LogP contribution in [0.3, 0.4) is 0 Å². The van der Waals surface area contributed by atoms with Crippen LogP contribution in [-0.2, 0) is 9.84 Å². The summed E-state index contributed by atoms with van der Waals surface area (Å²) in [6.07, 6.45) is 0.998. The van der Waals surface area contributed by atoms with Crippen LogP contribution in [0.1, 0.15) is 0 Å². The van der Waals surface area contributed by atoms with Crippen molar-refractivity contribution in [3.8, 4) is 6.07 Å². The molecule has 0 fully saturated rings. The highest BCUT2D eigenvalue weighted by Gasteiger charge is 2.33. The van der Waals surface area contributed by atoms with Gasteiger partial charge in [-0.25, -0.2) is 17.2 Å². The second-order valence-electron chi connectivity index (χ2n) is 4.69. The normalized spacial score (nSPS) is 15.6. The van der Waals surface area contributed by atoms with E-state index in [0.717, 1.165) is 36.5 Å². The van der Waals surface area contributed by atoms with Gasteiger partial charge in [-0.15, -0.1) is 0 Å². The molecule has 0 saturated carbocycles. The number of allylic oxidation sites excluding steroid dienone is 1. The Bertz CT molecular complexity index is 997. The summed E-state index contributed by atoms with van der Waals surface area (Å²) in [5, 5.41) is 9.21. The maximum Gasteiger partial charge on any atom is 0.220 e. The topological polar surface area (TPSA) is 61.2 Å². The summed E-state index contributed by atoms with van der Waals surface area (Å²) in [4.78, 5) is 0.388. The number of anilines is 2. The molecule has 0 unspecified atom stereocenters. The highest BCUT2D eigenvalue weighted by Crippen LogP contribution is 2.42. The van der Waals surface area contributed by atoms with Gasteiger partial charge in [-0.3, -0.25) is 0 Å². The second kappa shape index (κ2) is 5.33. The molecular formula is C15H7ClF2N2O2S. The van der Waals surface area contributed by atoms with Crippen LogP contribution in [0.2, 0.25) is 5.02 Å². The van der Waals surface area contributed by atoms with Crippen LogP contribution in [0.4, 0.5) is 20.2 Å². The largest absolute Gasteiger partial charge is 0.312 e. The molecule has 0 aromatic heterocycles. The van der Waals surface area contributed by atoms with Crippen molar-refractivity contribution in [3.05, 3.63) is 64.2 Å². The number of benzene rings is 2. The van der Waals surface area contributed by atoms with E-state index in [4.69, 9.17) is 16.9 Å². The lowest BCUT2D eigenvalue weighted by atomic mass is 10.2. The minimum absolute atomic E-state index is 0.0449. The Balaban J connectivity index is 2.36. The standard InChI is InChI=1S/C15H7ClF2N2O2S/c16-12-3-1-9(17)5-13(12)20-8-11(7-19)23(21,22)15-4-2-10(18)6-14(15)20/h1-6,8H. The fourth-order valence-electron chi connectivity index (χ4n) is 2.24. The van der Waals surface area contributed by atoms with E-state index in [9.17, 15) is 17.2 Å². The number of hydrogen-bond donors (Lipinski definition) is 0. The average Bonchev–Trinajstić information content (AvgIpc) is 2.50. The number of nitrogens with zero attached hydrogens (tertiary/aromatic N) is 2. The summed E-state index contributed by atoms with van der Waals surface area (Å²) in [7, 11) is -4.06. The highest BCUT2D eigenvalue weighted by molar-refractivity contribution is 7.95. The molecule has 0 N–H and O–H groups in total. The van der Waals surface area contributed by atoms with Crippen LogP contribution in [0.25, 0.3) is 0 Å². The Labute approximate surface area is 135 Å². The first-order chi connectivity index (χ1) is 10.8. The van der Waals surface area contributed by atoms with Gasteiger partial charge >= 0.3 is 0 Å². The smallest absolute Gasteiger partial charge is 0.220 e. The maximum atomic E-state index is 13.6. The van der Waals surface area contributed by atoms with Crippen LogP contribution in [0.5, 0.6) is 0 Å². The first-order valence-corrected chi connectivity index (χ1v) is 8.11. The zero-order valence-corrected chi connectivity index (χ0v) is 12.9. The summed E-state index contributed by atoms with van der Waals surface area (Å²) >= 11 is 6.03. The molecule has 4 nitrogen and oxygen atoms in total. The van der Waals surface area contributed by atoms with Gasteiger partial charge in [0, 0.05) is 6.20 Å². The Morgan fingerprint density at radius 1 is 1.04 bits per heavy atom. The van der Waals surface area contributed by atoms with Gasteiger partial charge in [0.25, 0.3) is 0 Å². The van der Waals surface area contributed by atoms with Crippen molar-refractivity contribution < 1.29 is 17.2 Å². The Hall–Kier alpha value is -2.43. The lowest BCUT2D eigenvalue weighted by molar-refractivity contribution is 0.600. The van der Waals surface area contributed by atoms with Gasteiger partial charge in [0.05, 0.1) is 21.3 Å². The third-order valence-corrected chi connectivity index (χ3v) is 5.30. The predicted molar refractivity (Wildman–Crippen MR) is 80.8 cm³/mol. The van der Waals surface area contributed by atoms with Crippen LogP contribution < -0.4 is 4.90 Å². The molecule has 0 spiro atoms. The quantitative estimate of drug-likeness (QED) is 0.730. The van der Waals surface area contributed by atoms with Crippen LogP contribution in [0, 0.1) is 23.0 Å². The molecule has 8 heteroatoms. The van der Waals surface area contributed by atoms with E-state index in [1.807, 2.05) is 0 Å². The number of nitriles is 1. The molecule has 0 saturated heterocycles. The molecule has 0 atom stereocenters. The summed E-state index contributed by atoms with van der Waals surface area (Å²) < 4.78 is 51.8. The first-order valence-electron chi connectivity index (χ1n) is 6.25. The molecule has 3 rings (SSSR count). The average molecular weight is 353 g/mol. The maximum absolute atomic E-state index is 13.6. The number of fused-ring (bicyclic) bond motifs is 1. The SMILES string of the molecule is N#CC1=CN(c2cc(F)ccc2Cl)c2cc(F)ccc2S1(=O)=O. The van der Waals surface area contributed by atoms with Crippen molar-refractivity contribution in [2.75, 3.05) is 4.90 Å². The van der Waals surface area contributed by atoms with Crippen LogP contribution >= 0.6 is 11.6 Å². The van der Waals surface area contributed by atoms with E-state index in [-0.39, 0.29) is 21.3 Å². The summed E-state index contributed by atoms with van der Waals surface area (Å²) in [6, 6.07) is 8.09. The minimum Gasteiger partial charge on any atom is -0.312 e. The van der Waals surface area contributed by atoms with Crippen molar-refractivity contribution in [1.29, 1.82) is 5.26 Å². The zero-order chi connectivity index (χ0) is 16.8. The van der Waals surface area contributed by atoms with Crippen LogP contribution in [0.15, 0.2) is 52.4 Å². The van der Waals surface area contributed by atoms with Crippen LogP contribution in [-0.4, -0.2) is 8.42 Å². The molecule has 0 bridgehead atoms. The Morgan fingerprint density at radius 3 is 2.30 bits per heavy atom. The van der Waals surface area contributed by atoms with Gasteiger partial charge in [-0.2, -0.15) is 5.26 Å². The number of halogens is 3. The van der Waals surface area contributed by atoms with Crippen molar-refractivity contribution in [1.82, 2.24) is 0 Å². The lowest BCUT2D eigenvalue weighted by Gasteiger charge is -2.28. The minimum atomic E-state index is -4.06. The van der Waals surface area contributed by atoms with E-state index in [1.54, 1.807) is 6.07 Å². The van der Waals surface area contributed by atoms with Crippen molar-refractivity contribution in [2.24, 2.45) is 0 Å². The zero-order valence-electron chi connectivity index (χ0n) is 11.3. The molecular weight excluding hydrogens is 346 g/mol.